The Morgan fingerprint density at radius 1 is 1.00 bits per heavy atom. The van der Waals surface area contributed by atoms with E-state index in [0.717, 1.165) is 0 Å². The number of ketones is 1. The van der Waals surface area contributed by atoms with Gasteiger partial charge in [0.1, 0.15) is 11.7 Å². The first-order chi connectivity index (χ1) is 13.7. The lowest BCUT2D eigenvalue weighted by atomic mass is 9.77. The van der Waals surface area contributed by atoms with E-state index in [0.29, 0.717) is 5.75 Å². The highest BCUT2D eigenvalue weighted by Crippen LogP contribution is 2.43. The Hall–Kier alpha value is -3.03. The van der Waals surface area contributed by atoms with Crippen LogP contribution in [0.25, 0.3) is 0 Å². The van der Waals surface area contributed by atoms with Crippen LogP contribution in [-0.4, -0.2) is 45.2 Å². The number of esters is 2. The summed E-state index contributed by atoms with van der Waals surface area (Å²) in [6, 6.07) is 4.78. The molecule has 0 saturated carbocycles. The van der Waals surface area contributed by atoms with Crippen molar-refractivity contribution in [2.45, 2.75) is 33.6 Å². The second-order valence-corrected chi connectivity index (χ2v) is 6.09. The van der Waals surface area contributed by atoms with Gasteiger partial charge >= 0.3 is 11.9 Å². The van der Waals surface area contributed by atoms with Crippen LogP contribution >= 0.6 is 0 Å². The van der Waals surface area contributed by atoms with Crippen molar-refractivity contribution in [3.05, 3.63) is 35.1 Å². The van der Waals surface area contributed by atoms with Crippen molar-refractivity contribution in [3.63, 3.8) is 0 Å². The van der Waals surface area contributed by atoms with E-state index in [1.54, 1.807) is 32.0 Å². The monoisotopic (exact) mass is 407 g/mol. The fourth-order valence-electron chi connectivity index (χ4n) is 3.13. The van der Waals surface area contributed by atoms with Gasteiger partial charge in [-0.05, 0) is 26.8 Å². The highest BCUT2D eigenvalue weighted by atomic mass is 16.5. The molecule has 0 aliphatic rings. The average molecular weight is 407 g/mol. The summed E-state index contributed by atoms with van der Waals surface area (Å²) in [5.74, 6) is -5.17. The van der Waals surface area contributed by atoms with Crippen LogP contribution in [0.4, 0.5) is 0 Å². The van der Waals surface area contributed by atoms with Crippen molar-refractivity contribution < 1.29 is 38.4 Å². The van der Waals surface area contributed by atoms with Gasteiger partial charge < -0.3 is 24.1 Å². The first-order valence-corrected chi connectivity index (χ1v) is 9.17. The van der Waals surface area contributed by atoms with E-state index in [1.165, 1.54) is 28.1 Å². The molecule has 1 aromatic rings. The third-order valence-corrected chi connectivity index (χ3v) is 4.27. The number of carbonyl (C=O) groups is 3. The second kappa shape index (κ2) is 11.1. The highest BCUT2D eigenvalue weighted by Gasteiger charge is 2.41. The molecule has 1 rings (SSSR count). The van der Waals surface area contributed by atoms with E-state index >= 15 is 0 Å². The summed E-state index contributed by atoms with van der Waals surface area (Å²) >= 11 is 0. The Balaban J connectivity index is 3.88. The summed E-state index contributed by atoms with van der Waals surface area (Å²) in [5, 5.41) is 12.5. The molecule has 2 atom stereocenters. The summed E-state index contributed by atoms with van der Waals surface area (Å²) in [6.07, 6.45) is 0. The summed E-state index contributed by atoms with van der Waals surface area (Å²) in [6.45, 7) is 5.60. The Morgan fingerprint density at radius 3 is 2.07 bits per heavy atom. The molecular weight excluding hydrogens is 380 g/mol. The number of rotatable bonds is 10. The molecule has 8 heteroatoms. The first kappa shape index (κ1) is 24.0. The second-order valence-electron chi connectivity index (χ2n) is 6.09. The van der Waals surface area contributed by atoms with Gasteiger partial charge in [-0.25, -0.2) is 4.79 Å². The number of ether oxygens (including phenoxy) is 4. The Bertz CT molecular complexity index is 777. The van der Waals surface area contributed by atoms with Crippen molar-refractivity contribution >= 4 is 17.7 Å². The van der Waals surface area contributed by atoms with Crippen molar-refractivity contribution in [3.8, 4) is 11.5 Å². The molecule has 0 aliphatic heterocycles. The normalized spacial score (nSPS) is 13.6. The molecule has 0 saturated heterocycles. The van der Waals surface area contributed by atoms with Crippen LogP contribution in [0.1, 0.15) is 39.2 Å². The Labute approximate surface area is 170 Å². The molecular formula is C21H27O8-. The summed E-state index contributed by atoms with van der Waals surface area (Å²) in [5.41, 5.74) is -0.0787. The molecule has 0 fully saturated rings. The Kier molecular flexibility index (Phi) is 9.18. The molecule has 0 radical (unpaired) electrons. The van der Waals surface area contributed by atoms with E-state index < -0.39 is 35.3 Å². The standard InChI is InChI=1S/C21H28O8/c1-7-28-20(24)16(12(3)22)18(17(13(4)23)21(25)29-8-2)14-10-9-11-15(26-5)19(14)27-6/h9-11,16,18,23H,7-8H2,1-6H3/p-1/b17-13+. The van der Waals surface area contributed by atoms with Gasteiger partial charge in [0, 0.05) is 17.1 Å². The van der Waals surface area contributed by atoms with Gasteiger partial charge in [0.15, 0.2) is 11.5 Å². The van der Waals surface area contributed by atoms with E-state index in [4.69, 9.17) is 18.9 Å². The SMILES string of the molecule is CCOC(=O)/C(=C(\C)[O-])C(c1cccc(OC)c1OC)C(C(C)=O)C(=O)OCC. The van der Waals surface area contributed by atoms with Gasteiger partial charge in [0.25, 0.3) is 0 Å². The molecule has 160 valence electrons. The van der Waals surface area contributed by atoms with E-state index in [1.807, 2.05) is 0 Å². The minimum absolute atomic E-state index is 0.0156. The van der Waals surface area contributed by atoms with Crippen LogP contribution in [-0.2, 0) is 23.9 Å². The summed E-state index contributed by atoms with van der Waals surface area (Å²) in [7, 11) is 2.80. The molecule has 2 unspecified atom stereocenters. The molecule has 0 amide bonds. The number of allylic oxidation sites excluding steroid dienone is 1. The quantitative estimate of drug-likeness (QED) is 0.250. The lowest BCUT2D eigenvalue weighted by Gasteiger charge is -2.30. The zero-order valence-corrected chi connectivity index (χ0v) is 17.6. The third kappa shape index (κ3) is 5.49. The van der Waals surface area contributed by atoms with Crippen LogP contribution in [0.15, 0.2) is 29.5 Å². The third-order valence-electron chi connectivity index (χ3n) is 4.27. The summed E-state index contributed by atoms with van der Waals surface area (Å²) in [4.78, 5) is 37.8. The number of hydrogen-bond donors (Lipinski definition) is 0. The molecule has 29 heavy (non-hydrogen) atoms. The van der Waals surface area contributed by atoms with Crippen LogP contribution < -0.4 is 14.6 Å². The maximum Gasteiger partial charge on any atom is 0.333 e. The Morgan fingerprint density at radius 2 is 1.62 bits per heavy atom. The van der Waals surface area contributed by atoms with Gasteiger partial charge in [-0.2, -0.15) is 0 Å². The molecule has 0 spiro atoms. The number of para-hydroxylation sites is 1. The lowest BCUT2D eigenvalue weighted by Crippen LogP contribution is -2.35. The minimum atomic E-state index is -1.45. The molecule has 1 aromatic carbocycles. The predicted molar refractivity (Wildman–Crippen MR) is 102 cm³/mol. The smallest absolute Gasteiger partial charge is 0.333 e. The van der Waals surface area contributed by atoms with Crippen molar-refractivity contribution in [1.29, 1.82) is 0 Å². The number of carbonyl (C=O) groups excluding carboxylic acids is 3. The number of benzene rings is 1. The van der Waals surface area contributed by atoms with E-state index in [2.05, 4.69) is 0 Å². The van der Waals surface area contributed by atoms with Crippen molar-refractivity contribution in [1.82, 2.24) is 0 Å². The zero-order chi connectivity index (χ0) is 22.1. The lowest BCUT2D eigenvalue weighted by molar-refractivity contribution is -0.303. The molecule has 0 aliphatic carbocycles. The van der Waals surface area contributed by atoms with Crippen molar-refractivity contribution in [2.24, 2.45) is 5.92 Å². The van der Waals surface area contributed by atoms with Gasteiger partial charge in [-0.15, -0.1) is 5.76 Å². The van der Waals surface area contributed by atoms with E-state index in [9.17, 15) is 19.5 Å². The fraction of sp³-hybridized carbons (Fsp3) is 0.476. The van der Waals surface area contributed by atoms with Crippen LogP contribution in [0.2, 0.25) is 0 Å². The van der Waals surface area contributed by atoms with Gasteiger partial charge in [-0.3, -0.25) is 9.59 Å². The summed E-state index contributed by atoms with van der Waals surface area (Å²) < 4.78 is 20.8. The van der Waals surface area contributed by atoms with E-state index in [-0.39, 0.29) is 30.1 Å². The minimum Gasteiger partial charge on any atom is -0.875 e. The molecule has 0 heterocycles. The van der Waals surface area contributed by atoms with Gasteiger partial charge in [0.05, 0.1) is 27.4 Å². The van der Waals surface area contributed by atoms with Crippen LogP contribution in [0, 0.1) is 5.92 Å². The van der Waals surface area contributed by atoms with Gasteiger partial charge in [-0.1, -0.05) is 19.1 Å². The maximum absolute atomic E-state index is 12.7. The predicted octanol–water partition coefficient (Wildman–Crippen LogP) is 1.75. The maximum atomic E-state index is 12.7. The molecule has 0 N–H and O–H groups in total. The van der Waals surface area contributed by atoms with Crippen molar-refractivity contribution in [2.75, 3.05) is 27.4 Å². The largest absolute Gasteiger partial charge is 0.875 e. The molecule has 8 nitrogen and oxygen atoms in total. The number of Topliss-reactive ketones (excluding diaryl/α,β-unsaturated/α-hetero) is 1. The molecule has 0 aromatic heterocycles. The molecule has 0 bridgehead atoms. The first-order valence-electron chi connectivity index (χ1n) is 9.17. The zero-order valence-electron chi connectivity index (χ0n) is 17.6. The van der Waals surface area contributed by atoms with Crippen LogP contribution in [0.5, 0.6) is 11.5 Å². The highest BCUT2D eigenvalue weighted by molar-refractivity contribution is 6.02. The van der Waals surface area contributed by atoms with Gasteiger partial charge in [0.2, 0.25) is 0 Å². The van der Waals surface area contributed by atoms with Crippen LogP contribution in [0.3, 0.4) is 0 Å². The number of methoxy groups -OCH3 is 2. The number of hydrogen-bond acceptors (Lipinski definition) is 8. The fourth-order valence-corrected chi connectivity index (χ4v) is 3.13. The average Bonchev–Trinajstić information content (AvgIpc) is 2.66. The topological polar surface area (TPSA) is 111 Å².